The summed E-state index contributed by atoms with van der Waals surface area (Å²) >= 11 is 0. The van der Waals surface area contributed by atoms with Crippen molar-refractivity contribution in [3.63, 3.8) is 0 Å². The lowest BCUT2D eigenvalue weighted by Crippen LogP contribution is -2.49. The second kappa shape index (κ2) is 9.16. The zero-order valence-electron chi connectivity index (χ0n) is 18.7. The predicted molar refractivity (Wildman–Crippen MR) is 119 cm³/mol. The Kier molecular flexibility index (Phi) is 6.74. The first-order valence-corrected chi connectivity index (χ1v) is 10.7. The molecule has 8 heteroatoms. The zero-order chi connectivity index (χ0) is 23.5. The molecule has 2 heterocycles. The molecule has 0 saturated carbocycles. The maximum Gasteiger partial charge on any atom is 0.410 e. The number of piperidine rings is 1. The van der Waals surface area contributed by atoms with E-state index >= 15 is 0 Å². The molecule has 1 saturated heterocycles. The first-order valence-electron chi connectivity index (χ1n) is 10.7. The lowest BCUT2D eigenvalue weighted by Gasteiger charge is -2.42. The fourth-order valence-electron chi connectivity index (χ4n) is 4.09. The maximum absolute atomic E-state index is 12.4. The summed E-state index contributed by atoms with van der Waals surface area (Å²) in [5, 5.41) is 21.2. The molecule has 1 aliphatic heterocycles. The molecule has 1 fully saturated rings. The van der Waals surface area contributed by atoms with Crippen LogP contribution in [-0.2, 0) is 16.9 Å². The number of aliphatic hydroxyl groups is 1. The van der Waals surface area contributed by atoms with Gasteiger partial charge in [-0.05, 0) is 51.2 Å². The number of aromatic nitrogens is 1. The summed E-state index contributed by atoms with van der Waals surface area (Å²) < 4.78 is 6.70. The molecule has 1 atom stereocenters. The summed E-state index contributed by atoms with van der Waals surface area (Å²) in [5.74, 6) is -1.39. The first-order chi connectivity index (χ1) is 15.0. The molecular weight excluding hydrogens is 412 g/mol. The van der Waals surface area contributed by atoms with Crippen molar-refractivity contribution in [1.82, 2.24) is 9.47 Å². The van der Waals surface area contributed by atoms with E-state index in [9.17, 15) is 24.6 Å². The summed E-state index contributed by atoms with van der Waals surface area (Å²) in [6.45, 7) is 6.18. The fourth-order valence-corrected chi connectivity index (χ4v) is 4.09. The normalized spacial score (nSPS) is 16.9. The molecule has 1 aliphatic rings. The van der Waals surface area contributed by atoms with Crippen LogP contribution >= 0.6 is 0 Å². The third-order valence-electron chi connectivity index (χ3n) is 5.74. The summed E-state index contributed by atoms with van der Waals surface area (Å²) in [6, 6.07) is 11.5. The van der Waals surface area contributed by atoms with Crippen LogP contribution in [0.1, 0.15) is 49.5 Å². The summed E-state index contributed by atoms with van der Waals surface area (Å²) in [7, 11) is 0. The molecule has 0 bridgehead atoms. The molecule has 0 aliphatic carbocycles. The van der Waals surface area contributed by atoms with Crippen LogP contribution in [0, 0.1) is 5.92 Å². The lowest BCUT2D eigenvalue weighted by atomic mass is 9.76. The van der Waals surface area contributed by atoms with E-state index < -0.39 is 22.7 Å². The van der Waals surface area contributed by atoms with Crippen molar-refractivity contribution < 1.29 is 24.5 Å². The predicted octanol–water partition coefficient (Wildman–Crippen LogP) is 3.08. The molecule has 3 rings (SSSR count). The Balaban J connectivity index is 1.87. The SMILES string of the molecule is CC(C)(C)OC(=O)N1CCC([C@@](O)(Cn2cc(C(=O)O)ccc2=O)c2ccccc2)CC1. The molecular formula is C24H30N2O6. The van der Waals surface area contributed by atoms with Crippen molar-refractivity contribution in [1.29, 1.82) is 0 Å². The molecule has 1 aromatic carbocycles. The maximum atomic E-state index is 12.4. The van der Waals surface area contributed by atoms with Gasteiger partial charge in [0, 0.05) is 25.4 Å². The van der Waals surface area contributed by atoms with E-state index in [1.54, 1.807) is 17.0 Å². The molecule has 1 aromatic heterocycles. The van der Waals surface area contributed by atoms with E-state index in [1.807, 2.05) is 39.0 Å². The minimum atomic E-state index is -1.41. The van der Waals surface area contributed by atoms with Gasteiger partial charge in [0.1, 0.15) is 11.2 Å². The van der Waals surface area contributed by atoms with Crippen LogP contribution in [0.25, 0.3) is 0 Å². The van der Waals surface area contributed by atoms with Crippen LogP contribution in [0.3, 0.4) is 0 Å². The standard InChI is InChI=1S/C24H30N2O6/c1-23(2,3)32-22(30)25-13-11-19(12-14-25)24(31,18-7-5-4-6-8-18)16-26-15-17(21(28)29)9-10-20(26)27/h4-10,15,19,31H,11-14,16H2,1-3H3,(H,28,29)/t24-/m1/s1. The van der Waals surface area contributed by atoms with Crippen molar-refractivity contribution in [3.05, 3.63) is 70.1 Å². The highest BCUT2D eigenvalue weighted by Gasteiger charge is 2.41. The van der Waals surface area contributed by atoms with Gasteiger partial charge in [0.25, 0.3) is 5.56 Å². The molecule has 2 N–H and O–H groups in total. The van der Waals surface area contributed by atoms with Gasteiger partial charge in [-0.25, -0.2) is 9.59 Å². The van der Waals surface area contributed by atoms with Gasteiger partial charge in [-0.2, -0.15) is 0 Å². The molecule has 2 aromatic rings. The van der Waals surface area contributed by atoms with Gasteiger partial charge in [0.2, 0.25) is 0 Å². The average molecular weight is 443 g/mol. The van der Waals surface area contributed by atoms with Gasteiger partial charge >= 0.3 is 12.1 Å². The number of ether oxygens (including phenoxy) is 1. The number of aromatic carboxylic acids is 1. The molecule has 1 amide bonds. The number of hydrogen-bond donors (Lipinski definition) is 2. The number of carbonyl (C=O) groups excluding carboxylic acids is 1. The zero-order valence-corrected chi connectivity index (χ0v) is 18.7. The van der Waals surface area contributed by atoms with Crippen molar-refractivity contribution in [2.75, 3.05) is 13.1 Å². The smallest absolute Gasteiger partial charge is 0.410 e. The van der Waals surface area contributed by atoms with Gasteiger partial charge in [-0.15, -0.1) is 0 Å². The number of rotatable bonds is 5. The topological polar surface area (TPSA) is 109 Å². The van der Waals surface area contributed by atoms with Crippen molar-refractivity contribution in [3.8, 4) is 0 Å². The number of hydrogen-bond acceptors (Lipinski definition) is 5. The van der Waals surface area contributed by atoms with Crippen LogP contribution in [0.15, 0.2) is 53.5 Å². The summed E-state index contributed by atoms with van der Waals surface area (Å²) in [4.78, 5) is 37.9. The van der Waals surface area contributed by atoms with Crippen LogP contribution in [0.5, 0.6) is 0 Å². The van der Waals surface area contributed by atoms with Gasteiger partial charge < -0.3 is 24.4 Å². The largest absolute Gasteiger partial charge is 0.478 e. The molecule has 32 heavy (non-hydrogen) atoms. The Hall–Kier alpha value is -3.13. The Labute approximate surface area is 187 Å². The molecule has 0 spiro atoms. The second-order valence-electron chi connectivity index (χ2n) is 9.22. The summed E-state index contributed by atoms with van der Waals surface area (Å²) in [5.41, 5.74) is -1.78. The third-order valence-corrected chi connectivity index (χ3v) is 5.74. The monoisotopic (exact) mass is 442 g/mol. The average Bonchev–Trinajstić information content (AvgIpc) is 2.74. The van der Waals surface area contributed by atoms with Gasteiger partial charge in [0.05, 0.1) is 12.1 Å². The van der Waals surface area contributed by atoms with Gasteiger partial charge in [0.15, 0.2) is 0 Å². The Morgan fingerprint density at radius 3 is 2.25 bits per heavy atom. The van der Waals surface area contributed by atoms with Crippen LogP contribution in [0.2, 0.25) is 0 Å². The van der Waals surface area contributed by atoms with Crippen molar-refractivity contribution in [2.24, 2.45) is 5.92 Å². The summed E-state index contributed by atoms with van der Waals surface area (Å²) in [6.07, 6.45) is 1.90. The number of amides is 1. The van der Waals surface area contributed by atoms with Crippen LogP contribution in [-0.4, -0.2) is 50.4 Å². The number of carboxylic acids is 1. The first kappa shape index (κ1) is 23.5. The Bertz CT molecular complexity index is 1020. The second-order valence-corrected chi connectivity index (χ2v) is 9.22. The lowest BCUT2D eigenvalue weighted by molar-refractivity contribution is -0.0645. The highest BCUT2D eigenvalue weighted by molar-refractivity contribution is 5.87. The van der Waals surface area contributed by atoms with Crippen LogP contribution in [0.4, 0.5) is 4.79 Å². The van der Waals surface area contributed by atoms with E-state index in [0.29, 0.717) is 31.5 Å². The van der Waals surface area contributed by atoms with E-state index in [4.69, 9.17) is 4.74 Å². The number of likely N-dealkylation sites (tertiary alicyclic amines) is 1. The quantitative estimate of drug-likeness (QED) is 0.737. The number of pyridine rings is 1. The van der Waals surface area contributed by atoms with Gasteiger partial charge in [-0.3, -0.25) is 4.79 Å². The van der Waals surface area contributed by atoms with Crippen molar-refractivity contribution in [2.45, 2.75) is 51.4 Å². The number of benzene rings is 1. The highest BCUT2D eigenvalue weighted by atomic mass is 16.6. The Morgan fingerprint density at radius 1 is 1.06 bits per heavy atom. The molecule has 0 radical (unpaired) electrons. The van der Waals surface area contributed by atoms with E-state index in [1.165, 1.54) is 22.9 Å². The molecule has 172 valence electrons. The third kappa shape index (κ3) is 5.37. The molecule has 8 nitrogen and oxygen atoms in total. The number of carboxylic acid groups (broad SMARTS) is 1. The minimum absolute atomic E-state index is 0.0280. The van der Waals surface area contributed by atoms with Crippen molar-refractivity contribution >= 4 is 12.1 Å². The molecule has 0 unspecified atom stereocenters. The van der Waals surface area contributed by atoms with E-state index in [-0.39, 0.29) is 24.1 Å². The van der Waals surface area contributed by atoms with Gasteiger partial charge in [-0.1, -0.05) is 30.3 Å². The number of carbonyl (C=O) groups is 2. The fraction of sp³-hybridized carbons (Fsp3) is 0.458. The van der Waals surface area contributed by atoms with Crippen LogP contribution < -0.4 is 5.56 Å². The highest BCUT2D eigenvalue weighted by Crippen LogP contribution is 2.38. The minimum Gasteiger partial charge on any atom is -0.478 e. The number of nitrogens with zero attached hydrogens (tertiary/aromatic N) is 2. The van der Waals surface area contributed by atoms with E-state index in [2.05, 4.69) is 0 Å². The van der Waals surface area contributed by atoms with E-state index in [0.717, 1.165) is 0 Å². The Morgan fingerprint density at radius 2 is 1.69 bits per heavy atom.